The minimum Gasteiger partial charge on any atom is -0.444 e. The van der Waals surface area contributed by atoms with Crippen LogP contribution in [-0.2, 0) is 4.74 Å². The second kappa shape index (κ2) is 4.24. The number of amides is 1. The molecular weight excluding hydrogens is 204 g/mol. The van der Waals surface area contributed by atoms with Crippen LogP contribution in [0.15, 0.2) is 0 Å². The van der Waals surface area contributed by atoms with E-state index in [1.54, 1.807) is 0 Å². The summed E-state index contributed by atoms with van der Waals surface area (Å²) in [4.78, 5) is 13.8. The number of hydrogen-bond donors (Lipinski definition) is 1. The fourth-order valence-electron chi connectivity index (χ4n) is 1.74. The van der Waals surface area contributed by atoms with Crippen LogP contribution in [0.4, 0.5) is 4.79 Å². The molecule has 0 aromatic heterocycles. The Kier molecular flexibility index (Phi) is 3.53. The van der Waals surface area contributed by atoms with Crippen LogP contribution in [-0.4, -0.2) is 41.3 Å². The molecule has 0 aromatic rings. The molecule has 1 aliphatic rings. The number of carbonyl (C=O) groups is 1. The molecule has 0 aromatic carbocycles. The van der Waals surface area contributed by atoms with E-state index in [1.165, 1.54) is 0 Å². The normalized spacial score (nSPS) is 25.4. The molecule has 1 saturated heterocycles. The molecule has 4 heteroatoms. The van der Waals surface area contributed by atoms with E-state index in [9.17, 15) is 4.79 Å². The van der Waals surface area contributed by atoms with Gasteiger partial charge in [-0.05, 0) is 41.5 Å². The third-order valence-electron chi connectivity index (χ3n) is 2.60. The minimum absolute atomic E-state index is 0.0383. The number of carbonyl (C=O) groups excluding carboxylic acids is 1. The highest BCUT2D eigenvalue weighted by molar-refractivity contribution is 5.68. The van der Waals surface area contributed by atoms with E-state index in [0.717, 1.165) is 6.54 Å². The maximum atomic E-state index is 12.0. The fraction of sp³-hybridized carbons (Fsp3) is 0.917. The molecule has 0 bridgehead atoms. The van der Waals surface area contributed by atoms with Gasteiger partial charge < -0.3 is 15.0 Å². The number of nitrogens with one attached hydrogen (secondary N) is 1. The van der Waals surface area contributed by atoms with Crippen LogP contribution in [0, 0.1) is 0 Å². The lowest BCUT2D eigenvalue weighted by Gasteiger charge is -2.43. The highest BCUT2D eigenvalue weighted by atomic mass is 16.6. The Bertz CT molecular complexity index is 269. The Morgan fingerprint density at radius 3 is 2.50 bits per heavy atom. The Balaban J connectivity index is 2.67. The van der Waals surface area contributed by atoms with Gasteiger partial charge >= 0.3 is 6.09 Å². The molecule has 1 aliphatic heterocycles. The summed E-state index contributed by atoms with van der Waals surface area (Å²) >= 11 is 0. The molecule has 0 saturated carbocycles. The third kappa shape index (κ3) is 3.67. The number of rotatable bonds is 0. The summed E-state index contributed by atoms with van der Waals surface area (Å²) in [5.74, 6) is 0. The monoisotopic (exact) mass is 228 g/mol. The smallest absolute Gasteiger partial charge is 0.410 e. The Morgan fingerprint density at radius 1 is 1.44 bits per heavy atom. The van der Waals surface area contributed by atoms with E-state index in [1.807, 2.05) is 32.6 Å². The van der Waals surface area contributed by atoms with Crippen molar-refractivity contribution in [3.63, 3.8) is 0 Å². The predicted octanol–water partition coefficient (Wildman–Crippen LogP) is 1.99. The van der Waals surface area contributed by atoms with Crippen molar-refractivity contribution in [2.75, 3.05) is 13.1 Å². The predicted molar refractivity (Wildman–Crippen MR) is 64.5 cm³/mol. The van der Waals surface area contributed by atoms with Crippen LogP contribution in [0.2, 0.25) is 0 Å². The van der Waals surface area contributed by atoms with E-state index in [4.69, 9.17) is 4.74 Å². The second-order valence-electron chi connectivity index (χ2n) is 6.22. The van der Waals surface area contributed by atoms with E-state index < -0.39 is 5.60 Å². The van der Waals surface area contributed by atoms with Crippen molar-refractivity contribution in [1.82, 2.24) is 10.2 Å². The second-order valence-corrected chi connectivity index (χ2v) is 6.22. The molecule has 1 rings (SSSR count). The standard InChI is InChI=1S/C12H24N2O2/c1-9-7-13-12(5,6)8-14(9)10(15)16-11(2,3)4/h9,13H,7-8H2,1-6H3. The van der Waals surface area contributed by atoms with E-state index in [2.05, 4.69) is 19.2 Å². The van der Waals surface area contributed by atoms with Crippen molar-refractivity contribution in [2.24, 2.45) is 0 Å². The van der Waals surface area contributed by atoms with Crippen molar-refractivity contribution in [1.29, 1.82) is 0 Å². The Labute approximate surface area is 98.3 Å². The molecule has 1 unspecified atom stereocenters. The first-order valence-electron chi connectivity index (χ1n) is 5.85. The highest BCUT2D eigenvalue weighted by Crippen LogP contribution is 2.18. The molecule has 0 radical (unpaired) electrons. The average Bonchev–Trinajstić information content (AvgIpc) is 2.06. The average molecular weight is 228 g/mol. The number of piperazine rings is 1. The first-order chi connectivity index (χ1) is 7.11. The zero-order chi connectivity index (χ0) is 12.6. The van der Waals surface area contributed by atoms with Crippen LogP contribution in [0.5, 0.6) is 0 Å². The lowest BCUT2D eigenvalue weighted by Crippen LogP contribution is -2.62. The van der Waals surface area contributed by atoms with Gasteiger partial charge in [-0.15, -0.1) is 0 Å². The van der Waals surface area contributed by atoms with Crippen LogP contribution in [0.1, 0.15) is 41.5 Å². The number of ether oxygens (including phenoxy) is 1. The van der Waals surface area contributed by atoms with Gasteiger partial charge in [-0.2, -0.15) is 0 Å². The van der Waals surface area contributed by atoms with Crippen LogP contribution in [0.25, 0.3) is 0 Å². The molecule has 94 valence electrons. The minimum atomic E-state index is -0.425. The summed E-state index contributed by atoms with van der Waals surface area (Å²) in [5.41, 5.74) is -0.463. The van der Waals surface area contributed by atoms with Gasteiger partial charge in [0.15, 0.2) is 0 Å². The van der Waals surface area contributed by atoms with Gasteiger partial charge in [0.25, 0.3) is 0 Å². The molecule has 1 atom stereocenters. The molecule has 1 fully saturated rings. The molecule has 0 spiro atoms. The van der Waals surface area contributed by atoms with Gasteiger partial charge in [-0.1, -0.05) is 0 Å². The summed E-state index contributed by atoms with van der Waals surface area (Å²) in [7, 11) is 0. The zero-order valence-electron chi connectivity index (χ0n) is 11.3. The quantitative estimate of drug-likeness (QED) is 0.689. The summed E-state index contributed by atoms with van der Waals surface area (Å²) in [6.07, 6.45) is -0.213. The van der Waals surface area contributed by atoms with Crippen molar-refractivity contribution in [3.05, 3.63) is 0 Å². The lowest BCUT2D eigenvalue weighted by atomic mass is 10.00. The topological polar surface area (TPSA) is 41.6 Å². The molecule has 4 nitrogen and oxygen atoms in total. The van der Waals surface area contributed by atoms with E-state index in [-0.39, 0.29) is 17.7 Å². The van der Waals surface area contributed by atoms with Crippen molar-refractivity contribution >= 4 is 6.09 Å². The van der Waals surface area contributed by atoms with Crippen LogP contribution in [0.3, 0.4) is 0 Å². The maximum absolute atomic E-state index is 12.0. The van der Waals surface area contributed by atoms with Crippen molar-refractivity contribution < 1.29 is 9.53 Å². The fourth-order valence-corrected chi connectivity index (χ4v) is 1.74. The summed E-state index contributed by atoms with van der Waals surface area (Å²) in [6.45, 7) is 13.4. The summed E-state index contributed by atoms with van der Waals surface area (Å²) in [6, 6.07) is 0.183. The van der Waals surface area contributed by atoms with Crippen LogP contribution < -0.4 is 5.32 Å². The third-order valence-corrected chi connectivity index (χ3v) is 2.60. The first-order valence-corrected chi connectivity index (χ1v) is 5.85. The summed E-state index contributed by atoms with van der Waals surface area (Å²) < 4.78 is 5.40. The molecule has 1 heterocycles. The molecular formula is C12H24N2O2. The van der Waals surface area contributed by atoms with Crippen molar-refractivity contribution in [2.45, 2.75) is 58.7 Å². The van der Waals surface area contributed by atoms with Gasteiger partial charge in [-0.3, -0.25) is 0 Å². The SMILES string of the molecule is CC1CNC(C)(C)CN1C(=O)OC(C)(C)C. The first kappa shape index (κ1) is 13.3. The van der Waals surface area contributed by atoms with Gasteiger partial charge in [0.05, 0.1) is 0 Å². The largest absolute Gasteiger partial charge is 0.444 e. The number of nitrogens with zero attached hydrogens (tertiary/aromatic N) is 1. The molecule has 0 aliphatic carbocycles. The number of hydrogen-bond acceptors (Lipinski definition) is 3. The molecule has 16 heavy (non-hydrogen) atoms. The van der Waals surface area contributed by atoms with E-state index >= 15 is 0 Å². The Hall–Kier alpha value is -0.770. The maximum Gasteiger partial charge on any atom is 0.410 e. The van der Waals surface area contributed by atoms with Gasteiger partial charge in [-0.25, -0.2) is 4.79 Å². The van der Waals surface area contributed by atoms with E-state index in [0.29, 0.717) is 6.54 Å². The van der Waals surface area contributed by atoms with Gasteiger partial charge in [0.1, 0.15) is 5.60 Å². The van der Waals surface area contributed by atoms with Gasteiger partial charge in [0, 0.05) is 24.7 Å². The lowest BCUT2D eigenvalue weighted by molar-refractivity contribution is 0.00356. The Morgan fingerprint density at radius 2 is 2.00 bits per heavy atom. The highest BCUT2D eigenvalue weighted by Gasteiger charge is 2.35. The van der Waals surface area contributed by atoms with Gasteiger partial charge in [0.2, 0.25) is 0 Å². The molecule has 1 amide bonds. The molecule has 1 N–H and O–H groups in total. The van der Waals surface area contributed by atoms with Crippen LogP contribution >= 0.6 is 0 Å². The summed E-state index contributed by atoms with van der Waals surface area (Å²) in [5, 5.41) is 3.41. The van der Waals surface area contributed by atoms with Crippen molar-refractivity contribution in [3.8, 4) is 0 Å². The zero-order valence-corrected chi connectivity index (χ0v) is 11.3.